The lowest BCUT2D eigenvalue weighted by Crippen LogP contribution is -2.20. The molecule has 1 aromatic rings. The molecule has 2 unspecified atom stereocenters. The average molecular weight is 307 g/mol. The molecular formula is C11H16F3N5S. The third-order valence-corrected chi connectivity index (χ3v) is 4.31. The summed E-state index contributed by atoms with van der Waals surface area (Å²) in [7, 11) is 0. The van der Waals surface area contributed by atoms with Gasteiger partial charge in [-0.2, -0.15) is 29.9 Å². The van der Waals surface area contributed by atoms with Gasteiger partial charge in [0, 0.05) is 17.4 Å². The summed E-state index contributed by atoms with van der Waals surface area (Å²) in [6.07, 6.45) is 0.399. The van der Waals surface area contributed by atoms with Crippen LogP contribution in [0.15, 0.2) is 6.07 Å². The van der Waals surface area contributed by atoms with Gasteiger partial charge < -0.3 is 5.32 Å². The Kier molecular flexibility index (Phi) is 4.59. The van der Waals surface area contributed by atoms with Crippen LogP contribution in [0.25, 0.3) is 0 Å². The smallest absolute Gasteiger partial charge is 0.367 e. The Morgan fingerprint density at radius 3 is 2.65 bits per heavy atom. The molecule has 0 spiro atoms. The van der Waals surface area contributed by atoms with E-state index in [1.54, 1.807) is 11.8 Å². The average Bonchev–Trinajstić information content (AvgIpc) is 2.85. The predicted molar refractivity (Wildman–Crippen MR) is 73.4 cm³/mol. The van der Waals surface area contributed by atoms with Crippen LogP contribution in [0.2, 0.25) is 0 Å². The maximum Gasteiger partial charge on any atom is 0.433 e. The zero-order valence-electron chi connectivity index (χ0n) is 10.9. The van der Waals surface area contributed by atoms with Crippen molar-refractivity contribution in [3.63, 3.8) is 0 Å². The maximum absolute atomic E-state index is 12.7. The first-order valence-corrected chi connectivity index (χ1v) is 7.43. The Morgan fingerprint density at radius 1 is 1.35 bits per heavy atom. The molecule has 0 aliphatic heterocycles. The second-order valence-corrected chi connectivity index (χ2v) is 5.75. The molecule has 1 fully saturated rings. The van der Waals surface area contributed by atoms with Crippen LogP contribution < -0.4 is 16.6 Å². The first kappa shape index (κ1) is 15.2. The molecule has 0 bridgehead atoms. The first-order valence-electron chi connectivity index (χ1n) is 6.14. The highest BCUT2D eigenvalue weighted by Crippen LogP contribution is 2.32. The fraction of sp³-hybridized carbons (Fsp3) is 0.636. The Bertz CT molecular complexity index is 468. The molecule has 20 heavy (non-hydrogen) atoms. The van der Waals surface area contributed by atoms with Gasteiger partial charge in [-0.3, -0.25) is 5.43 Å². The van der Waals surface area contributed by atoms with Crippen molar-refractivity contribution in [1.82, 2.24) is 9.97 Å². The van der Waals surface area contributed by atoms with Crippen LogP contribution in [-0.4, -0.2) is 27.5 Å². The molecule has 2 rings (SSSR count). The summed E-state index contributed by atoms with van der Waals surface area (Å²) >= 11 is 1.78. The van der Waals surface area contributed by atoms with Crippen LogP contribution in [0.4, 0.5) is 24.9 Å². The second kappa shape index (κ2) is 6.04. The van der Waals surface area contributed by atoms with Gasteiger partial charge in [0.2, 0.25) is 5.95 Å². The van der Waals surface area contributed by atoms with Crippen molar-refractivity contribution in [1.29, 1.82) is 0 Å². The summed E-state index contributed by atoms with van der Waals surface area (Å²) in [6, 6.07) is 1.04. The second-order valence-electron chi connectivity index (χ2n) is 4.62. The van der Waals surface area contributed by atoms with Crippen molar-refractivity contribution in [3.05, 3.63) is 11.8 Å². The maximum atomic E-state index is 12.7. The molecule has 1 aromatic heterocycles. The Morgan fingerprint density at radius 2 is 2.10 bits per heavy atom. The number of nitrogens with two attached hydrogens (primary N) is 1. The molecule has 1 saturated carbocycles. The van der Waals surface area contributed by atoms with Crippen LogP contribution in [0, 0.1) is 0 Å². The summed E-state index contributed by atoms with van der Waals surface area (Å²) < 4.78 is 38.2. The number of nitrogens with zero attached hydrogens (tertiary/aromatic N) is 2. The van der Waals surface area contributed by atoms with E-state index in [0.29, 0.717) is 5.25 Å². The number of hydrogen-bond acceptors (Lipinski definition) is 6. The van der Waals surface area contributed by atoms with Crippen molar-refractivity contribution in [2.45, 2.75) is 36.7 Å². The van der Waals surface area contributed by atoms with Gasteiger partial charge in [-0.25, -0.2) is 10.8 Å². The molecule has 1 heterocycles. The van der Waals surface area contributed by atoms with Crippen molar-refractivity contribution in [2.24, 2.45) is 5.84 Å². The predicted octanol–water partition coefficient (Wildman–Crippen LogP) is 2.48. The molecule has 0 radical (unpaired) electrons. The van der Waals surface area contributed by atoms with E-state index in [0.717, 1.165) is 25.3 Å². The summed E-state index contributed by atoms with van der Waals surface area (Å²) in [6.45, 7) is 0. The molecule has 0 amide bonds. The van der Waals surface area contributed by atoms with Crippen molar-refractivity contribution >= 4 is 23.5 Å². The Balaban J connectivity index is 2.15. The lowest BCUT2D eigenvalue weighted by molar-refractivity contribution is -0.141. The third kappa shape index (κ3) is 3.66. The molecule has 2 atom stereocenters. The number of nitrogens with one attached hydrogen (secondary N) is 2. The summed E-state index contributed by atoms with van der Waals surface area (Å²) in [5.74, 6) is 5.01. The van der Waals surface area contributed by atoms with Crippen LogP contribution in [0.3, 0.4) is 0 Å². The highest BCUT2D eigenvalue weighted by molar-refractivity contribution is 7.99. The van der Waals surface area contributed by atoms with Gasteiger partial charge in [-0.1, -0.05) is 0 Å². The lowest BCUT2D eigenvalue weighted by atomic mass is 10.2. The van der Waals surface area contributed by atoms with Gasteiger partial charge in [0.05, 0.1) is 0 Å². The summed E-state index contributed by atoms with van der Waals surface area (Å²) in [4.78, 5) is 7.23. The van der Waals surface area contributed by atoms with E-state index in [1.807, 2.05) is 6.26 Å². The number of aromatic nitrogens is 2. The topological polar surface area (TPSA) is 75.9 Å². The third-order valence-electron chi connectivity index (χ3n) is 3.22. The summed E-state index contributed by atoms with van der Waals surface area (Å²) in [5, 5.41) is 3.58. The molecule has 5 nitrogen and oxygen atoms in total. The quantitative estimate of drug-likeness (QED) is 0.586. The first-order chi connectivity index (χ1) is 9.42. The number of alkyl halides is 3. The number of anilines is 2. The molecule has 112 valence electrons. The van der Waals surface area contributed by atoms with Crippen LogP contribution in [-0.2, 0) is 6.18 Å². The van der Waals surface area contributed by atoms with Gasteiger partial charge >= 0.3 is 6.18 Å². The molecule has 1 aliphatic carbocycles. The number of halogens is 3. The molecular weight excluding hydrogens is 291 g/mol. The number of thioether (sulfide) groups is 1. The highest BCUT2D eigenvalue weighted by Gasteiger charge is 2.34. The summed E-state index contributed by atoms with van der Waals surface area (Å²) in [5.41, 5.74) is 1.05. The highest BCUT2D eigenvalue weighted by atomic mass is 32.2. The fourth-order valence-corrected chi connectivity index (χ4v) is 3.02. The molecule has 9 heteroatoms. The van der Waals surface area contributed by atoms with Crippen LogP contribution in [0.1, 0.15) is 25.0 Å². The Labute approximate surface area is 118 Å². The van der Waals surface area contributed by atoms with Crippen molar-refractivity contribution in [2.75, 3.05) is 17.0 Å². The van der Waals surface area contributed by atoms with Crippen LogP contribution >= 0.6 is 11.8 Å². The standard InChI is InChI=1S/C11H16F3N5S/c1-20-7-3-2-6(4-7)16-9-5-8(11(12,13)14)17-10(18-9)19-15/h5-7H,2-4,15H2,1H3,(H2,16,17,18,19). The van der Waals surface area contributed by atoms with Crippen LogP contribution in [0.5, 0.6) is 0 Å². The minimum atomic E-state index is -4.53. The number of hydrogen-bond donors (Lipinski definition) is 3. The van der Waals surface area contributed by atoms with E-state index >= 15 is 0 Å². The van der Waals surface area contributed by atoms with E-state index in [9.17, 15) is 13.2 Å². The lowest BCUT2D eigenvalue weighted by Gasteiger charge is -2.15. The zero-order chi connectivity index (χ0) is 14.8. The van der Waals surface area contributed by atoms with Gasteiger partial charge in [0.1, 0.15) is 5.82 Å². The van der Waals surface area contributed by atoms with E-state index < -0.39 is 11.9 Å². The zero-order valence-corrected chi connectivity index (χ0v) is 11.7. The van der Waals surface area contributed by atoms with E-state index in [4.69, 9.17) is 5.84 Å². The number of rotatable bonds is 4. The molecule has 1 aliphatic rings. The van der Waals surface area contributed by atoms with Gasteiger partial charge in [0.25, 0.3) is 0 Å². The van der Waals surface area contributed by atoms with Gasteiger partial charge in [-0.05, 0) is 25.5 Å². The minimum absolute atomic E-state index is 0.133. The molecule has 0 aromatic carbocycles. The normalized spacial score (nSPS) is 22.9. The van der Waals surface area contributed by atoms with E-state index in [-0.39, 0.29) is 17.8 Å². The van der Waals surface area contributed by atoms with E-state index in [2.05, 4.69) is 20.7 Å². The monoisotopic (exact) mass is 307 g/mol. The fourth-order valence-electron chi connectivity index (χ4n) is 2.23. The number of nitrogen functional groups attached to an aromatic ring is 1. The molecule has 0 saturated heterocycles. The van der Waals surface area contributed by atoms with Crippen molar-refractivity contribution < 1.29 is 13.2 Å². The van der Waals surface area contributed by atoms with E-state index in [1.165, 1.54) is 0 Å². The Hall–Kier alpha value is -1.22. The number of hydrazine groups is 1. The minimum Gasteiger partial charge on any atom is -0.367 e. The molecule has 4 N–H and O–H groups in total. The largest absolute Gasteiger partial charge is 0.433 e. The van der Waals surface area contributed by atoms with Crippen molar-refractivity contribution in [3.8, 4) is 0 Å². The SMILES string of the molecule is CSC1CCC(Nc2cc(C(F)(F)F)nc(NN)n2)C1. The van der Waals surface area contributed by atoms with Gasteiger partial charge in [0.15, 0.2) is 5.69 Å². The van der Waals surface area contributed by atoms with Gasteiger partial charge in [-0.15, -0.1) is 0 Å².